The van der Waals surface area contributed by atoms with Crippen LogP contribution in [-0.2, 0) is 24.4 Å². The fourth-order valence-electron chi connectivity index (χ4n) is 2.87. The molecule has 148 valence electrons. The van der Waals surface area contributed by atoms with Crippen LogP contribution in [0.15, 0.2) is 41.3 Å². The first-order chi connectivity index (χ1) is 13.4. The number of fused-ring (bicyclic) bond motifs is 1. The lowest BCUT2D eigenvalue weighted by Gasteiger charge is -2.10. The van der Waals surface area contributed by atoms with Gasteiger partial charge in [-0.15, -0.1) is 0 Å². The van der Waals surface area contributed by atoms with Gasteiger partial charge in [-0.1, -0.05) is 12.1 Å². The zero-order chi connectivity index (χ0) is 20.3. The standard InChI is InChI=1S/C19H19F3N4O2/c1-2-25-11-15-14(18(21)22)9-17(28)26(19(15)24-25)8-7-16(27)23-10-12-3-5-13(20)6-4-12/h3-6,9,11,18H,2,7-8,10H2,1H3,(H,23,27). The van der Waals surface area contributed by atoms with E-state index >= 15 is 0 Å². The molecule has 0 saturated carbocycles. The number of carbonyl (C=O) groups is 1. The quantitative estimate of drug-likeness (QED) is 0.672. The van der Waals surface area contributed by atoms with Gasteiger partial charge in [-0.3, -0.25) is 18.8 Å². The number of nitrogens with one attached hydrogen (secondary N) is 1. The summed E-state index contributed by atoms with van der Waals surface area (Å²) in [7, 11) is 0. The Hall–Kier alpha value is -3.10. The number of alkyl halides is 2. The average Bonchev–Trinajstić information content (AvgIpc) is 3.10. The van der Waals surface area contributed by atoms with Crippen molar-refractivity contribution in [2.75, 3.05) is 0 Å². The zero-order valence-electron chi connectivity index (χ0n) is 15.2. The van der Waals surface area contributed by atoms with Crippen molar-refractivity contribution in [2.24, 2.45) is 0 Å². The molecular formula is C19H19F3N4O2. The van der Waals surface area contributed by atoms with Crippen LogP contribution in [0.25, 0.3) is 11.0 Å². The Labute approximate surface area is 158 Å². The highest BCUT2D eigenvalue weighted by Gasteiger charge is 2.19. The summed E-state index contributed by atoms with van der Waals surface area (Å²) in [5.74, 6) is -0.686. The first-order valence-corrected chi connectivity index (χ1v) is 8.79. The molecule has 0 atom stereocenters. The van der Waals surface area contributed by atoms with Crippen LogP contribution >= 0.6 is 0 Å². The smallest absolute Gasteiger partial charge is 0.264 e. The highest BCUT2D eigenvalue weighted by atomic mass is 19.3. The first kappa shape index (κ1) is 19.7. The highest BCUT2D eigenvalue weighted by molar-refractivity contribution is 5.79. The van der Waals surface area contributed by atoms with Gasteiger partial charge in [-0.2, -0.15) is 5.10 Å². The Morgan fingerprint density at radius 2 is 1.96 bits per heavy atom. The topological polar surface area (TPSA) is 68.9 Å². The monoisotopic (exact) mass is 392 g/mol. The van der Waals surface area contributed by atoms with Crippen LogP contribution in [0.5, 0.6) is 0 Å². The fourth-order valence-corrected chi connectivity index (χ4v) is 2.87. The molecule has 6 nitrogen and oxygen atoms in total. The summed E-state index contributed by atoms with van der Waals surface area (Å²) in [6.07, 6.45) is -1.34. The van der Waals surface area contributed by atoms with Gasteiger partial charge in [0.1, 0.15) is 5.82 Å². The van der Waals surface area contributed by atoms with Gasteiger partial charge in [0, 0.05) is 49.3 Å². The molecule has 0 aliphatic heterocycles. The predicted octanol–water partition coefficient (Wildman–Crippen LogP) is 3.00. The van der Waals surface area contributed by atoms with Crippen LogP contribution in [0.4, 0.5) is 13.2 Å². The molecule has 0 saturated heterocycles. The minimum absolute atomic E-state index is 0.00876. The predicted molar refractivity (Wildman–Crippen MR) is 97.5 cm³/mol. The number of nitrogens with zero attached hydrogens (tertiary/aromatic N) is 3. The molecule has 0 fully saturated rings. The third-order valence-corrected chi connectivity index (χ3v) is 4.38. The first-order valence-electron chi connectivity index (χ1n) is 8.79. The molecule has 0 radical (unpaired) electrons. The van der Waals surface area contributed by atoms with E-state index in [0.717, 1.165) is 11.6 Å². The number of carbonyl (C=O) groups excluding carboxylic acids is 1. The Balaban J connectivity index is 1.74. The van der Waals surface area contributed by atoms with Crippen LogP contribution in [0, 0.1) is 5.82 Å². The SMILES string of the molecule is CCn1cc2c(C(F)F)cc(=O)n(CCC(=O)NCc3ccc(F)cc3)c2n1. The second-order valence-corrected chi connectivity index (χ2v) is 6.27. The number of amides is 1. The van der Waals surface area contributed by atoms with Gasteiger partial charge in [-0.25, -0.2) is 13.2 Å². The molecule has 0 aliphatic rings. The number of aromatic nitrogens is 3. The molecule has 9 heteroatoms. The van der Waals surface area contributed by atoms with Crippen LogP contribution in [0.3, 0.4) is 0 Å². The molecule has 3 aromatic rings. The minimum atomic E-state index is -2.79. The van der Waals surface area contributed by atoms with Crippen molar-refractivity contribution < 1.29 is 18.0 Å². The number of benzene rings is 1. The normalized spacial score (nSPS) is 11.3. The summed E-state index contributed by atoms with van der Waals surface area (Å²) >= 11 is 0. The minimum Gasteiger partial charge on any atom is -0.352 e. The van der Waals surface area contributed by atoms with Crippen molar-refractivity contribution in [1.29, 1.82) is 0 Å². The number of hydrogen-bond donors (Lipinski definition) is 1. The largest absolute Gasteiger partial charge is 0.352 e. The summed E-state index contributed by atoms with van der Waals surface area (Å²) in [5.41, 5.74) is -0.125. The summed E-state index contributed by atoms with van der Waals surface area (Å²) < 4.78 is 42.1. The van der Waals surface area contributed by atoms with Crippen molar-refractivity contribution in [2.45, 2.75) is 39.4 Å². The van der Waals surface area contributed by atoms with Gasteiger partial charge < -0.3 is 5.32 Å². The number of hydrogen-bond acceptors (Lipinski definition) is 3. The maximum absolute atomic E-state index is 13.2. The van der Waals surface area contributed by atoms with Crippen LogP contribution < -0.4 is 10.9 Å². The number of halogens is 3. The van der Waals surface area contributed by atoms with E-state index < -0.39 is 12.0 Å². The summed E-state index contributed by atoms with van der Waals surface area (Å²) in [5, 5.41) is 7.07. The molecule has 1 aromatic carbocycles. The van der Waals surface area contributed by atoms with Gasteiger partial charge in [0.05, 0.1) is 0 Å². The fraction of sp³-hybridized carbons (Fsp3) is 0.316. The maximum Gasteiger partial charge on any atom is 0.264 e. The number of aryl methyl sites for hydroxylation is 2. The van der Waals surface area contributed by atoms with Gasteiger partial charge in [0.15, 0.2) is 5.65 Å². The number of pyridine rings is 1. The van der Waals surface area contributed by atoms with Crippen LogP contribution in [0.2, 0.25) is 0 Å². The molecule has 1 N–H and O–H groups in total. The van der Waals surface area contributed by atoms with Crippen molar-refractivity contribution in [3.8, 4) is 0 Å². The molecular weight excluding hydrogens is 373 g/mol. The zero-order valence-corrected chi connectivity index (χ0v) is 15.2. The van der Waals surface area contributed by atoms with Crippen molar-refractivity contribution in [1.82, 2.24) is 19.7 Å². The van der Waals surface area contributed by atoms with E-state index in [2.05, 4.69) is 10.4 Å². The third-order valence-electron chi connectivity index (χ3n) is 4.38. The summed E-state index contributed by atoms with van der Waals surface area (Å²) in [4.78, 5) is 24.4. The molecule has 1 amide bonds. The maximum atomic E-state index is 13.2. The van der Waals surface area contributed by atoms with Gasteiger partial charge in [0.2, 0.25) is 5.91 Å². The lowest BCUT2D eigenvalue weighted by atomic mass is 10.2. The molecule has 0 spiro atoms. The third kappa shape index (κ3) is 4.24. The summed E-state index contributed by atoms with van der Waals surface area (Å²) in [6.45, 7) is 2.50. The Morgan fingerprint density at radius 1 is 1.25 bits per heavy atom. The second-order valence-electron chi connectivity index (χ2n) is 6.27. The van der Waals surface area contributed by atoms with Crippen molar-refractivity contribution >= 4 is 16.9 Å². The number of rotatable bonds is 7. The molecule has 0 bridgehead atoms. The van der Waals surface area contributed by atoms with Crippen molar-refractivity contribution in [3.05, 3.63) is 63.8 Å². The van der Waals surface area contributed by atoms with E-state index in [0.29, 0.717) is 6.54 Å². The van der Waals surface area contributed by atoms with E-state index in [-0.39, 0.29) is 47.8 Å². The van der Waals surface area contributed by atoms with E-state index in [1.54, 1.807) is 19.1 Å². The Morgan fingerprint density at radius 3 is 2.61 bits per heavy atom. The van der Waals surface area contributed by atoms with E-state index in [9.17, 15) is 22.8 Å². The van der Waals surface area contributed by atoms with Crippen LogP contribution in [-0.4, -0.2) is 20.3 Å². The lowest BCUT2D eigenvalue weighted by Crippen LogP contribution is -2.27. The van der Waals surface area contributed by atoms with E-state index in [1.807, 2.05) is 0 Å². The molecule has 28 heavy (non-hydrogen) atoms. The van der Waals surface area contributed by atoms with Crippen LogP contribution in [0.1, 0.15) is 30.9 Å². The Bertz CT molecular complexity index is 1040. The molecule has 0 unspecified atom stereocenters. The molecule has 2 aromatic heterocycles. The van der Waals surface area contributed by atoms with E-state index in [1.165, 1.54) is 27.6 Å². The Kier molecular flexibility index (Phi) is 5.81. The lowest BCUT2D eigenvalue weighted by molar-refractivity contribution is -0.121. The molecule has 3 rings (SSSR count). The van der Waals surface area contributed by atoms with Crippen molar-refractivity contribution in [3.63, 3.8) is 0 Å². The molecule has 2 heterocycles. The average molecular weight is 392 g/mol. The van der Waals surface area contributed by atoms with Gasteiger partial charge in [-0.05, 0) is 24.6 Å². The van der Waals surface area contributed by atoms with Gasteiger partial charge >= 0.3 is 0 Å². The molecule has 0 aliphatic carbocycles. The van der Waals surface area contributed by atoms with Gasteiger partial charge in [0.25, 0.3) is 12.0 Å². The highest BCUT2D eigenvalue weighted by Crippen LogP contribution is 2.25. The summed E-state index contributed by atoms with van der Waals surface area (Å²) in [6, 6.07) is 6.61. The van der Waals surface area contributed by atoms with E-state index in [4.69, 9.17) is 0 Å². The second kappa shape index (κ2) is 8.28.